The Morgan fingerprint density at radius 3 is 2.62 bits per heavy atom. The number of aromatic nitrogens is 3. The number of benzene rings is 2. The molecule has 1 aromatic heterocycles. The number of rotatable bonds is 6. The molecular formula is C24H24FN3O8S. The number of fused-ring (bicyclic) bond motifs is 1. The zero-order valence-corrected chi connectivity index (χ0v) is 20.7. The summed E-state index contributed by atoms with van der Waals surface area (Å²) in [6.45, 7) is 0.0330. The number of nitrogens with zero attached hydrogens (tertiary/aromatic N) is 3. The van der Waals surface area contributed by atoms with Crippen LogP contribution in [-0.4, -0.2) is 73.8 Å². The van der Waals surface area contributed by atoms with E-state index in [0.29, 0.717) is 11.3 Å². The number of hydrogen-bond donors (Lipinski definition) is 0. The minimum absolute atomic E-state index is 0.0330. The van der Waals surface area contributed by atoms with Crippen LogP contribution in [-0.2, 0) is 38.0 Å². The van der Waals surface area contributed by atoms with Crippen molar-refractivity contribution in [3.63, 3.8) is 0 Å². The first-order valence-electron chi connectivity index (χ1n) is 11.3. The molecule has 3 aromatic rings. The molecule has 11 nitrogen and oxygen atoms in total. The quantitative estimate of drug-likeness (QED) is 0.343. The predicted molar refractivity (Wildman–Crippen MR) is 125 cm³/mol. The van der Waals surface area contributed by atoms with Crippen LogP contribution in [0.1, 0.15) is 17.9 Å². The van der Waals surface area contributed by atoms with Crippen molar-refractivity contribution >= 4 is 16.1 Å². The van der Waals surface area contributed by atoms with E-state index in [4.69, 9.17) is 23.1 Å². The van der Waals surface area contributed by atoms with Crippen LogP contribution < -0.4 is 0 Å². The topological polar surface area (TPSA) is 128 Å². The fraction of sp³-hybridized carbons (Fsp3) is 0.375. The first-order chi connectivity index (χ1) is 17.7. The number of methoxy groups -OCH3 is 1. The van der Waals surface area contributed by atoms with Gasteiger partial charge in [0.2, 0.25) is 0 Å². The van der Waals surface area contributed by atoms with Gasteiger partial charge in [0, 0.05) is 11.1 Å². The highest BCUT2D eigenvalue weighted by Gasteiger charge is 2.55. The van der Waals surface area contributed by atoms with Crippen LogP contribution in [0.2, 0.25) is 0 Å². The van der Waals surface area contributed by atoms with Gasteiger partial charge in [0.05, 0.1) is 26.2 Å². The lowest BCUT2D eigenvalue weighted by molar-refractivity contribution is -0.312. The van der Waals surface area contributed by atoms with Crippen LogP contribution in [0.15, 0.2) is 60.8 Å². The largest absolute Gasteiger partial charge is 0.467 e. The Morgan fingerprint density at radius 1 is 1.14 bits per heavy atom. The molecule has 0 spiro atoms. The van der Waals surface area contributed by atoms with Gasteiger partial charge in [-0.2, -0.15) is 8.42 Å². The van der Waals surface area contributed by atoms with Gasteiger partial charge in [-0.15, -0.1) is 5.10 Å². The van der Waals surface area contributed by atoms with E-state index in [1.807, 2.05) is 30.3 Å². The molecule has 13 heteroatoms. The smallest absolute Gasteiger partial charge is 0.337 e. The highest BCUT2D eigenvalue weighted by molar-refractivity contribution is 7.86. The van der Waals surface area contributed by atoms with Gasteiger partial charge in [-0.05, 0) is 12.1 Å². The molecule has 1 unspecified atom stereocenters. The second-order valence-electron chi connectivity index (χ2n) is 8.64. The SMILES string of the molecule is COC(=O)[C@@H]1O[C@@H]2COC(c3ccccc3)O[C@@H]2[C@H](n2cc(-c3cccc(F)c3)nn2)[C@H]1OS(C)(=O)=O. The third-order valence-corrected chi connectivity index (χ3v) is 6.65. The second-order valence-corrected chi connectivity index (χ2v) is 10.2. The summed E-state index contributed by atoms with van der Waals surface area (Å²) in [5.74, 6) is -1.30. The van der Waals surface area contributed by atoms with Crippen molar-refractivity contribution in [3.8, 4) is 11.3 Å². The second kappa shape index (κ2) is 10.3. The number of carbonyl (C=O) groups is 1. The highest BCUT2D eigenvalue weighted by atomic mass is 32.2. The number of halogens is 1. The van der Waals surface area contributed by atoms with Gasteiger partial charge < -0.3 is 18.9 Å². The molecule has 2 saturated heterocycles. The highest BCUT2D eigenvalue weighted by Crippen LogP contribution is 2.41. The van der Waals surface area contributed by atoms with Crippen molar-refractivity contribution in [1.29, 1.82) is 0 Å². The number of hydrogen-bond acceptors (Lipinski definition) is 10. The Kier molecular flexibility index (Phi) is 7.05. The van der Waals surface area contributed by atoms with Gasteiger partial charge in [0.15, 0.2) is 12.4 Å². The molecule has 2 aromatic carbocycles. The third-order valence-electron chi connectivity index (χ3n) is 6.08. The predicted octanol–water partition coefficient (Wildman–Crippen LogP) is 2.02. The molecule has 0 N–H and O–H groups in total. The summed E-state index contributed by atoms with van der Waals surface area (Å²) in [6, 6.07) is 13.9. The van der Waals surface area contributed by atoms with Crippen molar-refractivity contribution in [2.75, 3.05) is 20.0 Å². The first-order valence-corrected chi connectivity index (χ1v) is 13.2. The third kappa shape index (κ3) is 5.40. The molecule has 6 atom stereocenters. The lowest BCUT2D eigenvalue weighted by atomic mass is 9.91. The molecular weight excluding hydrogens is 509 g/mol. The summed E-state index contributed by atoms with van der Waals surface area (Å²) in [5.41, 5.74) is 1.51. The van der Waals surface area contributed by atoms with Crippen molar-refractivity contribution in [2.45, 2.75) is 36.7 Å². The minimum Gasteiger partial charge on any atom is -0.467 e. The monoisotopic (exact) mass is 533 g/mol. The molecule has 2 aliphatic rings. The van der Waals surface area contributed by atoms with Crippen molar-refractivity contribution in [2.24, 2.45) is 0 Å². The molecule has 0 bridgehead atoms. The van der Waals surface area contributed by atoms with Crippen LogP contribution in [0.25, 0.3) is 11.3 Å². The van der Waals surface area contributed by atoms with Crippen LogP contribution in [0.3, 0.4) is 0 Å². The molecule has 2 aliphatic heterocycles. The van der Waals surface area contributed by atoms with E-state index in [1.165, 1.54) is 29.1 Å². The Hall–Kier alpha value is -3.23. The van der Waals surface area contributed by atoms with E-state index in [2.05, 4.69) is 10.3 Å². The lowest BCUT2D eigenvalue weighted by Gasteiger charge is -2.48. The maximum atomic E-state index is 13.8. The standard InChI is InChI=1S/C24H24FN3O8S/c1-32-23(29)22-21(36-37(2,30)31)19(28-12-17(26-27-28)15-9-6-10-16(25)11-15)20-18(34-22)13-33-24(35-20)14-7-4-3-5-8-14/h3-12,18-22,24H,13H2,1-2H3/t18-,19+,20+,21-,22-,24?/m1/s1. The molecule has 196 valence electrons. The molecule has 0 radical (unpaired) electrons. The molecule has 37 heavy (non-hydrogen) atoms. The fourth-order valence-electron chi connectivity index (χ4n) is 4.50. The number of carbonyl (C=O) groups excluding carboxylic acids is 1. The van der Waals surface area contributed by atoms with Crippen molar-refractivity contribution < 1.29 is 40.7 Å². The summed E-state index contributed by atoms with van der Waals surface area (Å²) < 4.78 is 68.0. The van der Waals surface area contributed by atoms with Crippen LogP contribution >= 0.6 is 0 Å². The summed E-state index contributed by atoms with van der Waals surface area (Å²) in [7, 11) is -2.93. The van der Waals surface area contributed by atoms with Crippen molar-refractivity contribution in [3.05, 3.63) is 72.2 Å². The average molecular weight is 534 g/mol. The molecule has 0 saturated carbocycles. The Morgan fingerprint density at radius 2 is 1.92 bits per heavy atom. The molecule has 2 fully saturated rings. The van der Waals surface area contributed by atoms with E-state index < -0.39 is 58.7 Å². The van der Waals surface area contributed by atoms with E-state index in [1.54, 1.807) is 6.07 Å². The van der Waals surface area contributed by atoms with Crippen molar-refractivity contribution in [1.82, 2.24) is 15.0 Å². The first kappa shape index (κ1) is 25.4. The van der Waals surface area contributed by atoms with E-state index >= 15 is 0 Å². The van der Waals surface area contributed by atoms with E-state index in [9.17, 15) is 17.6 Å². The Balaban J connectivity index is 1.58. The Bertz CT molecular complexity index is 1370. The average Bonchev–Trinajstić information content (AvgIpc) is 3.37. The summed E-state index contributed by atoms with van der Waals surface area (Å²) in [6.07, 6.45) is -2.95. The molecule has 0 aliphatic carbocycles. The van der Waals surface area contributed by atoms with Crippen LogP contribution in [0.4, 0.5) is 4.39 Å². The molecule has 3 heterocycles. The summed E-state index contributed by atoms with van der Waals surface area (Å²) in [5, 5.41) is 8.31. The lowest BCUT2D eigenvalue weighted by Crippen LogP contribution is -2.62. The van der Waals surface area contributed by atoms with Gasteiger partial charge in [0.25, 0.3) is 10.1 Å². The van der Waals surface area contributed by atoms with E-state index in [-0.39, 0.29) is 6.61 Å². The van der Waals surface area contributed by atoms with Crippen LogP contribution in [0.5, 0.6) is 0 Å². The van der Waals surface area contributed by atoms with E-state index in [0.717, 1.165) is 18.9 Å². The van der Waals surface area contributed by atoms with Gasteiger partial charge in [-0.25, -0.2) is 13.9 Å². The van der Waals surface area contributed by atoms with Gasteiger partial charge in [0.1, 0.15) is 35.9 Å². The fourth-order valence-corrected chi connectivity index (χ4v) is 5.12. The zero-order chi connectivity index (χ0) is 26.2. The zero-order valence-electron chi connectivity index (χ0n) is 19.8. The summed E-state index contributed by atoms with van der Waals surface area (Å²) >= 11 is 0. The molecule has 0 amide bonds. The maximum absolute atomic E-state index is 13.8. The molecule has 5 rings (SSSR count). The summed E-state index contributed by atoms with van der Waals surface area (Å²) in [4.78, 5) is 12.7. The number of esters is 1. The minimum atomic E-state index is -4.08. The Labute approximate surface area is 212 Å². The van der Waals surface area contributed by atoms with Gasteiger partial charge >= 0.3 is 5.97 Å². The van der Waals surface area contributed by atoms with Crippen LogP contribution in [0, 0.1) is 5.82 Å². The van der Waals surface area contributed by atoms with Gasteiger partial charge in [-0.3, -0.25) is 4.18 Å². The number of ether oxygens (including phenoxy) is 4. The normalized spacial score (nSPS) is 27.9. The van der Waals surface area contributed by atoms with Gasteiger partial charge in [-0.1, -0.05) is 47.7 Å². The maximum Gasteiger partial charge on any atom is 0.337 e.